The second-order valence-corrected chi connectivity index (χ2v) is 5.17. The number of carbonyl (C=O) groups is 3. The molecule has 1 saturated heterocycles. The first-order valence-corrected chi connectivity index (χ1v) is 6.42. The van der Waals surface area contributed by atoms with Gasteiger partial charge >= 0.3 is 0 Å². The molecule has 20 heavy (non-hydrogen) atoms. The third kappa shape index (κ3) is 2.57. The van der Waals surface area contributed by atoms with Crippen molar-refractivity contribution in [3.05, 3.63) is 27.7 Å². The summed E-state index contributed by atoms with van der Waals surface area (Å²) in [6, 6.07) is 1.88. The van der Waals surface area contributed by atoms with Crippen molar-refractivity contribution >= 4 is 46.6 Å². The zero-order valence-electron chi connectivity index (χ0n) is 10.4. The Morgan fingerprint density at radius 1 is 1.40 bits per heavy atom. The molecule has 1 atom stereocenters. The molecule has 0 radical (unpaired) electrons. The van der Waals surface area contributed by atoms with E-state index in [1.54, 1.807) is 0 Å². The molecular formula is C12H11Cl2N3O3. The zero-order valence-corrected chi connectivity index (χ0v) is 12.0. The van der Waals surface area contributed by atoms with Crippen LogP contribution in [0.1, 0.15) is 16.8 Å². The van der Waals surface area contributed by atoms with E-state index >= 15 is 0 Å². The highest BCUT2D eigenvalue weighted by molar-refractivity contribution is 6.44. The monoisotopic (exact) mass is 315 g/mol. The fourth-order valence-corrected chi connectivity index (χ4v) is 2.30. The number of hydrogen-bond acceptors (Lipinski definition) is 4. The minimum atomic E-state index is -0.892. The topological polar surface area (TPSA) is 92.5 Å². The first kappa shape index (κ1) is 14.6. The van der Waals surface area contributed by atoms with Gasteiger partial charge in [0.1, 0.15) is 6.04 Å². The van der Waals surface area contributed by atoms with Crippen molar-refractivity contribution in [2.24, 2.45) is 0 Å². The first-order valence-electron chi connectivity index (χ1n) is 5.67. The Labute approximate surface area is 124 Å². The number of likely N-dealkylation sites (tertiary alicyclic amines) is 1. The van der Waals surface area contributed by atoms with Crippen molar-refractivity contribution in [3.63, 3.8) is 0 Å². The molecule has 0 aromatic heterocycles. The molecule has 1 aromatic rings. The third-order valence-corrected chi connectivity index (χ3v) is 3.78. The Kier molecular flexibility index (Phi) is 3.87. The van der Waals surface area contributed by atoms with Gasteiger partial charge in [-0.1, -0.05) is 23.2 Å². The van der Waals surface area contributed by atoms with Crippen molar-refractivity contribution in [1.29, 1.82) is 0 Å². The molecule has 0 saturated carbocycles. The zero-order chi connectivity index (χ0) is 15.0. The molecule has 1 fully saturated rings. The summed E-state index contributed by atoms with van der Waals surface area (Å²) in [4.78, 5) is 36.1. The summed E-state index contributed by atoms with van der Waals surface area (Å²) >= 11 is 11.8. The second kappa shape index (κ2) is 5.30. The number of imide groups is 1. The molecule has 1 aliphatic rings. The molecule has 8 heteroatoms. The Morgan fingerprint density at radius 2 is 2.05 bits per heavy atom. The predicted octanol–water partition coefficient (Wildman–Crippen LogP) is 1.06. The summed E-state index contributed by atoms with van der Waals surface area (Å²) in [6.45, 7) is 0. The minimum Gasteiger partial charge on any atom is -0.399 e. The van der Waals surface area contributed by atoms with Crippen LogP contribution in [-0.2, 0) is 9.59 Å². The van der Waals surface area contributed by atoms with E-state index in [1.165, 1.54) is 19.2 Å². The average molecular weight is 316 g/mol. The maximum atomic E-state index is 12.1. The molecule has 0 aliphatic carbocycles. The first-order chi connectivity index (χ1) is 9.31. The highest BCUT2D eigenvalue weighted by atomic mass is 35.5. The van der Waals surface area contributed by atoms with Crippen LogP contribution in [0, 0.1) is 0 Å². The van der Waals surface area contributed by atoms with Gasteiger partial charge < -0.3 is 11.1 Å². The number of likely N-dealkylation sites (N-methyl/N-ethyl adjacent to an activating group) is 1. The molecule has 2 rings (SSSR count). The van der Waals surface area contributed by atoms with E-state index in [-0.39, 0.29) is 33.6 Å². The molecule has 6 nitrogen and oxygen atoms in total. The van der Waals surface area contributed by atoms with Gasteiger partial charge in [-0.2, -0.15) is 0 Å². The van der Waals surface area contributed by atoms with Gasteiger partial charge in [0.2, 0.25) is 5.91 Å². The number of nitrogens with one attached hydrogen (secondary N) is 1. The van der Waals surface area contributed by atoms with E-state index in [4.69, 9.17) is 28.9 Å². The fraction of sp³-hybridized carbons (Fsp3) is 0.250. The average Bonchev–Trinajstić information content (AvgIpc) is 2.61. The Balaban J connectivity index is 2.22. The number of nitrogen functional groups attached to an aromatic ring is 1. The maximum absolute atomic E-state index is 12.1. The lowest BCUT2D eigenvalue weighted by Crippen LogP contribution is -2.40. The van der Waals surface area contributed by atoms with Crippen LogP contribution in [-0.4, -0.2) is 35.7 Å². The van der Waals surface area contributed by atoms with Crippen LogP contribution in [0.2, 0.25) is 10.0 Å². The lowest BCUT2D eigenvalue weighted by atomic mass is 10.1. The van der Waals surface area contributed by atoms with Crippen molar-refractivity contribution < 1.29 is 14.4 Å². The number of nitrogens with two attached hydrogens (primary N) is 1. The molecule has 1 aliphatic heterocycles. The third-order valence-electron chi connectivity index (χ3n) is 2.98. The number of amides is 3. The Bertz CT molecular complexity index is 618. The quantitative estimate of drug-likeness (QED) is 0.630. The van der Waals surface area contributed by atoms with Gasteiger partial charge in [-0.05, 0) is 12.1 Å². The van der Waals surface area contributed by atoms with Crippen LogP contribution >= 0.6 is 23.2 Å². The number of halogens is 2. The van der Waals surface area contributed by atoms with E-state index in [2.05, 4.69) is 5.32 Å². The Hall–Kier alpha value is -1.79. The number of anilines is 1. The predicted molar refractivity (Wildman–Crippen MR) is 74.5 cm³/mol. The van der Waals surface area contributed by atoms with Gasteiger partial charge in [0.05, 0.1) is 22.0 Å². The minimum absolute atomic E-state index is 0.0449. The molecule has 0 bridgehead atoms. The summed E-state index contributed by atoms with van der Waals surface area (Å²) in [6.07, 6.45) is -0.0747. The van der Waals surface area contributed by atoms with Gasteiger partial charge in [0.15, 0.2) is 0 Å². The van der Waals surface area contributed by atoms with Crippen molar-refractivity contribution in [2.45, 2.75) is 12.5 Å². The van der Waals surface area contributed by atoms with Gasteiger partial charge in [-0.15, -0.1) is 0 Å². The van der Waals surface area contributed by atoms with E-state index in [0.717, 1.165) is 4.90 Å². The molecule has 1 unspecified atom stereocenters. The van der Waals surface area contributed by atoms with E-state index in [0.29, 0.717) is 0 Å². The summed E-state index contributed by atoms with van der Waals surface area (Å²) in [7, 11) is 1.36. The van der Waals surface area contributed by atoms with Crippen LogP contribution in [0.15, 0.2) is 12.1 Å². The summed E-state index contributed by atoms with van der Waals surface area (Å²) in [5.74, 6) is -1.42. The molecule has 3 N–H and O–H groups in total. The highest BCUT2D eigenvalue weighted by Gasteiger charge is 2.37. The lowest BCUT2D eigenvalue weighted by Gasteiger charge is -2.12. The van der Waals surface area contributed by atoms with Crippen LogP contribution in [0.25, 0.3) is 0 Å². The van der Waals surface area contributed by atoms with Crippen LogP contribution in [0.4, 0.5) is 5.69 Å². The van der Waals surface area contributed by atoms with Gasteiger partial charge in [-0.25, -0.2) is 0 Å². The number of benzene rings is 1. The standard InChI is InChI=1S/C12H11Cl2N3O3/c1-17-9(18)4-8(12(17)20)16-11(19)6-2-5(15)3-7(13)10(6)14/h2-3,8H,4,15H2,1H3,(H,16,19). The SMILES string of the molecule is CN1C(=O)CC(NC(=O)c2cc(N)cc(Cl)c2Cl)C1=O. The smallest absolute Gasteiger partial charge is 0.253 e. The van der Waals surface area contributed by atoms with Crippen LogP contribution in [0.3, 0.4) is 0 Å². The molecule has 1 aromatic carbocycles. The van der Waals surface area contributed by atoms with Gasteiger partial charge in [-0.3, -0.25) is 19.3 Å². The molecule has 0 spiro atoms. The largest absolute Gasteiger partial charge is 0.399 e. The lowest BCUT2D eigenvalue weighted by molar-refractivity contribution is -0.137. The molecular weight excluding hydrogens is 305 g/mol. The molecule has 1 heterocycles. The summed E-state index contributed by atoms with van der Waals surface area (Å²) in [5.41, 5.74) is 5.93. The fourth-order valence-electron chi connectivity index (χ4n) is 1.88. The van der Waals surface area contributed by atoms with E-state index in [9.17, 15) is 14.4 Å². The number of nitrogens with zero attached hydrogens (tertiary/aromatic N) is 1. The van der Waals surface area contributed by atoms with Crippen LogP contribution < -0.4 is 11.1 Å². The van der Waals surface area contributed by atoms with Crippen molar-refractivity contribution in [2.75, 3.05) is 12.8 Å². The maximum Gasteiger partial charge on any atom is 0.253 e. The Morgan fingerprint density at radius 3 is 2.60 bits per heavy atom. The van der Waals surface area contributed by atoms with Gasteiger partial charge in [0.25, 0.3) is 11.8 Å². The number of rotatable bonds is 2. The summed E-state index contributed by atoms with van der Waals surface area (Å²) < 4.78 is 0. The summed E-state index contributed by atoms with van der Waals surface area (Å²) in [5, 5.41) is 2.64. The second-order valence-electron chi connectivity index (χ2n) is 4.39. The van der Waals surface area contributed by atoms with E-state index in [1.807, 2.05) is 0 Å². The highest BCUT2D eigenvalue weighted by Crippen LogP contribution is 2.29. The number of carbonyl (C=O) groups excluding carboxylic acids is 3. The van der Waals surface area contributed by atoms with Gasteiger partial charge in [0, 0.05) is 12.7 Å². The normalized spacial score (nSPS) is 18.6. The van der Waals surface area contributed by atoms with Crippen molar-refractivity contribution in [3.8, 4) is 0 Å². The number of hydrogen-bond donors (Lipinski definition) is 2. The van der Waals surface area contributed by atoms with E-state index < -0.39 is 17.9 Å². The van der Waals surface area contributed by atoms with Crippen molar-refractivity contribution in [1.82, 2.24) is 10.2 Å². The van der Waals surface area contributed by atoms with Crippen LogP contribution in [0.5, 0.6) is 0 Å². The molecule has 3 amide bonds. The molecule has 106 valence electrons.